The van der Waals surface area contributed by atoms with Crippen LogP contribution in [0.1, 0.15) is 12.0 Å². The SMILES string of the molecule is N[C@H](CCNS(=O)(=O)F)Cc1ccccc1. The highest BCUT2D eigenvalue weighted by Crippen LogP contribution is 2.03. The molecule has 1 atom stereocenters. The predicted molar refractivity (Wildman–Crippen MR) is 60.8 cm³/mol. The molecular weight excluding hydrogens is 231 g/mol. The Hall–Kier alpha value is -0.980. The van der Waals surface area contributed by atoms with Gasteiger partial charge in [0.25, 0.3) is 0 Å². The highest BCUT2D eigenvalue weighted by Gasteiger charge is 2.08. The summed E-state index contributed by atoms with van der Waals surface area (Å²) < 4.78 is 34.2. The summed E-state index contributed by atoms with van der Waals surface area (Å²) in [4.78, 5) is 0. The number of halogens is 1. The summed E-state index contributed by atoms with van der Waals surface area (Å²) in [6, 6.07) is 9.43. The first-order valence-electron chi connectivity index (χ1n) is 4.96. The molecule has 6 heteroatoms. The third-order valence-electron chi connectivity index (χ3n) is 2.13. The molecule has 0 aromatic heterocycles. The van der Waals surface area contributed by atoms with E-state index in [-0.39, 0.29) is 12.6 Å². The van der Waals surface area contributed by atoms with Gasteiger partial charge in [0.2, 0.25) is 0 Å². The highest BCUT2D eigenvalue weighted by atomic mass is 32.3. The van der Waals surface area contributed by atoms with Crippen LogP contribution in [0.15, 0.2) is 30.3 Å². The van der Waals surface area contributed by atoms with Crippen LogP contribution >= 0.6 is 0 Å². The number of nitrogens with one attached hydrogen (secondary N) is 1. The Morgan fingerprint density at radius 3 is 2.50 bits per heavy atom. The van der Waals surface area contributed by atoms with Crippen molar-refractivity contribution in [3.8, 4) is 0 Å². The molecule has 4 nitrogen and oxygen atoms in total. The van der Waals surface area contributed by atoms with E-state index in [1.54, 1.807) is 4.72 Å². The third-order valence-corrected chi connectivity index (χ3v) is 2.68. The molecule has 3 N–H and O–H groups in total. The zero-order valence-corrected chi connectivity index (χ0v) is 9.58. The van der Waals surface area contributed by atoms with Crippen LogP contribution in [0.5, 0.6) is 0 Å². The summed E-state index contributed by atoms with van der Waals surface area (Å²) in [6.45, 7) is 0.0207. The Kier molecular flexibility index (Phi) is 4.85. The van der Waals surface area contributed by atoms with Crippen LogP contribution in [0.2, 0.25) is 0 Å². The fourth-order valence-electron chi connectivity index (χ4n) is 1.39. The minimum absolute atomic E-state index is 0.0207. The zero-order valence-electron chi connectivity index (χ0n) is 8.77. The molecule has 0 saturated heterocycles. The number of benzene rings is 1. The van der Waals surface area contributed by atoms with Gasteiger partial charge in [-0.15, -0.1) is 0 Å². The maximum Gasteiger partial charge on any atom is 0.372 e. The molecule has 90 valence electrons. The lowest BCUT2D eigenvalue weighted by Gasteiger charge is -2.10. The summed E-state index contributed by atoms with van der Waals surface area (Å²) in [6.07, 6.45) is 1.05. The zero-order chi connectivity index (χ0) is 12.0. The minimum Gasteiger partial charge on any atom is -0.327 e. The molecule has 1 aromatic carbocycles. The van der Waals surface area contributed by atoms with Gasteiger partial charge in [0, 0.05) is 12.6 Å². The summed E-state index contributed by atoms with van der Waals surface area (Å²) in [5.74, 6) is 0. The average Bonchev–Trinajstić information content (AvgIpc) is 2.17. The van der Waals surface area contributed by atoms with Gasteiger partial charge in [-0.3, -0.25) is 0 Å². The molecule has 0 heterocycles. The molecule has 1 rings (SSSR count). The minimum atomic E-state index is -4.60. The molecule has 16 heavy (non-hydrogen) atoms. The smallest absolute Gasteiger partial charge is 0.327 e. The topological polar surface area (TPSA) is 72.2 Å². The summed E-state index contributed by atoms with van der Waals surface area (Å²) in [7, 11) is -4.60. The van der Waals surface area contributed by atoms with Crippen molar-refractivity contribution in [3.05, 3.63) is 35.9 Å². The van der Waals surface area contributed by atoms with E-state index in [0.717, 1.165) is 5.56 Å². The molecule has 1 aromatic rings. The van der Waals surface area contributed by atoms with E-state index in [0.29, 0.717) is 12.8 Å². The van der Waals surface area contributed by atoms with Crippen LogP contribution in [-0.2, 0) is 16.8 Å². The van der Waals surface area contributed by atoms with Gasteiger partial charge in [-0.2, -0.15) is 13.1 Å². The summed E-state index contributed by atoms with van der Waals surface area (Å²) in [5.41, 5.74) is 6.86. The molecule has 0 aliphatic heterocycles. The van der Waals surface area contributed by atoms with Gasteiger partial charge < -0.3 is 5.73 Å². The highest BCUT2D eigenvalue weighted by molar-refractivity contribution is 7.84. The Balaban J connectivity index is 2.29. The fraction of sp³-hybridized carbons (Fsp3) is 0.400. The first-order chi connectivity index (χ1) is 7.47. The lowest BCUT2D eigenvalue weighted by atomic mass is 10.0. The van der Waals surface area contributed by atoms with E-state index in [1.165, 1.54) is 0 Å². The van der Waals surface area contributed by atoms with E-state index in [9.17, 15) is 12.3 Å². The van der Waals surface area contributed by atoms with Crippen molar-refractivity contribution in [3.63, 3.8) is 0 Å². The van der Waals surface area contributed by atoms with Crippen LogP contribution in [0.25, 0.3) is 0 Å². The third kappa shape index (κ3) is 5.79. The second-order valence-electron chi connectivity index (χ2n) is 3.57. The normalized spacial score (nSPS) is 13.6. The van der Waals surface area contributed by atoms with E-state index >= 15 is 0 Å². The number of rotatable bonds is 6. The lowest BCUT2D eigenvalue weighted by Crippen LogP contribution is -2.30. The standard InChI is InChI=1S/C10H15FN2O2S/c11-16(14,15)13-7-6-10(12)8-9-4-2-1-3-5-9/h1-5,10,13H,6-8,12H2/t10-/m1/s1. The van der Waals surface area contributed by atoms with Crippen LogP contribution in [0, 0.1) is 0 Å². The van der Waals surface area contributed by atoms with Crippen LogP contribution < -0.4 is 10.5 Å². The molecule has 0 spiro atoms. The molecule has 0 amide bonds. The second-order valence-corrected chi connectivity index (χ2v) is 4.74. The van der Waals surface area contributed by atoms with Crippen molar-refractivity contribution >= 4 is 10.4 Å². The van der Waals surface area contributed by atoms with Crippen molar-refractivity contribution in [2.45, 2.75) is 18.9 Å². The van der Waals surface area contributed by atoms with Gasteiger partial charge in [0.05, 0.1) is 0 Å². The molecule has 0 aliphatic carbocycles. The Bertz CT molecular complexity index is 408. The van der Waals surface area contributed by atoms with Crippen molar-refractivity contribution in [2.75, 3.05) is 6.54 Å². The Morgan fingerprint density at radius 2 is 1.94 bits per heavy atom. The quantitative estimate of drug-likeness (QED) is 0.728. The van der Waals surface area contributed by atoms with Crippen LogP contribution in [-0.4, -0.2) is 21.0 Å². The summed E-state index contributed by atoms with van der Waals surface area (Å²) in [5, 5.41) is 0. The van der Waals surface area contributed by atoms with Crippen molar-refractivity contribution in [1.29, 1.82) is 0 Å². The van der Waals surface area contributed by atoms with Crippen LogP contribution in [0.4, 0.5) is 3.89 Å². The maximum atomic E-state index is 12.1. The maximum absolute atomic E-state index is 12.1. The number of hydrogen-bond acceptors (Lipinski definition) is 3. The Labute approximate surface area is 95.0 Å². The van der Waals surface area contributed by atoms with E-state index in [1.807, 2.05) is 30.3 Å². The van der Waals surface area contributed by atoms with Crippen molar-refractivity contribution < 1.29 is 12.3 Å². The van der Waals surface area contributed by atoms with E-state index in [2.05, 4.69) is 0 Å². The van der Waals surface area contributed by atoms with Gasteiger partial charge in [0.1, 0.15) is 0 Å². The van der Waals surface area contributed by atoms with Gasteiger partial charge in [-0.1, -0.05) is 34.2 Å². The largest absolute Gasteiger partial charge is 0.372 e. The van der Waals surface area contributed by atoms with Gasteiger partial charge in [-0.25, -0.2) is 0 Å². The van der Waals surface area contributed by atoms with E-state index in [4.69, 9.17) is 5.73 Å². The molecule has 0 saturated carbocycles. The summed E-state index contributed by atoms with van der Waals surface area (Å²) >= 11 is 0. The fourth-order valence-corrected chi connectivity index (χ4v) is 1.75. The second kappa shape index (κ2) is 5.93. The average molecular weight is 246 g/mol. The Morgan fingerprint density at radius 1 is 1.31 bits per heavy atom. The number of nitrogens with two attached hydrogens (primary N) is 1. The van der Waals surface area contributed by atoms with Gasteiger partial charge in [-0.05, 0) is 18.4 Å². The first kappa shape index (κ1) is 13.1. The molecule has 0 fully saturated rings. The van der Waals surface area contributed by atoms with E-state index < -0.39 is 10.4 Å². The van der Waals surface area contributed by atoms with Crippen molar-refractivity contribution in [1.82, 2.24) is 4.72 Å². The van der Waals surface area contributed by atoms with Crippen LogP contribution in [0.3, 0.4) is 0 Å². The van der Waals surface area contributed by atoms with Gasteiger partial charge in [0.15, 0.2) is 0 Å². The molecule has 0 radical (unpaired) electrons. The first-order valence-corrected chi connectivity index (χ1v) is 6.34. The predicted octanol–water partition coefficient (Wildman–Crippen LogP) is 0.750. The molecular formula is C10H15FN2O2S. The monoisotopic (exact) mass is 246 g/mol. The number of hydrogen-bond donors (Lipinski definition) is 2. The van der Waals surface area contributed by atoms with Gasteiger partial charge >= 0.3 is 10.4 Å². The molecule has 0 unspecified atom stereocenters. The molecule has 0 bridgehead atoms. The molecule has 0 aliphatic rings. The van der Waals surface area contributed by atoms with Crippen molar-refractivity contribution in [2.24, 2.45) is 5.73 Å². The lowest BCUT2D eigenvalue weighted by molar-refractivity contribution is 0.524.